The van der Waals surface area contributed by atoms with Crippen LogP contribution in [0.25, 0.3) is 0 Å². The van der Waals surface area contributed by atoms with Crippen molar-refractivity contribution >= 4 is 24.2 Å². The highest BCUT2D eigenvalue weighted by Crippen LogP contribution is 2.40. The molecule has 1 atom stereocenters. The molecular formula is C10H13ClO2S. The van der Waals surface area contributed by atoms with Crippen molar-refractivity contribution in [2.45, 2.75) is 12.2 Å². The molecule has 0 aliphatic carbocycles. The Morgan fingerprint density at radius 3 is 2.36 bits per heavy atom. The van der Waals surface area contributed by atoms with E-state index in [4.69, 9.17) is 21.1 Å². The van der Waals surface area contributed by atoms with E-state index in [9.17, 15) is 0 Å². The third-order valence-corrected chi connectivity index (χ3v) is 2.63. The van der Waals surface area contributed by atoms with E-state index < -0.39 is 0 Å². The van der Waals surface area contributed by atoms with Crippen LogP contribution in [-0.4, -0.2) is 14.2 Å². The zero-order valence-corrected chi connectivity index (χ0v) is 10.0. The summed E-state index contributed by atoms with van der Waals surface area (Å²) < 4.78 is 10.3. The summed E-state index contributed by atoms with van der Waals surface area (Å²) in [5.41, 5.74) is 0.938. The van der Waals surface area contributed by atoms with Crippen LogP contribution in [0.1, 0.15) is 17.7 Å². The lowest BCUT2D eigenvalue weighted by Gasteiger charge is -2.14. The zero-order chi connectivity index (χ0) is 10.7. The molecule has 0 fully saturated rings. The molecule has 0 amide bonds. The molecule has 14 heavy (non-hydrogen) atoms. The molecule has 0 heterocycles. The predicted molar refractivity (Wildman–Crippen MR) is 62.0 cm³/mol. The van der Waals surface area contributed by atoms with Crippen molar-refractivity contribution in [3.63, 3.8) is 0 Å². The van der Waals surface area contributed by atoms with Gasteiger partial charge in [-0.3, -0.25) is 0 Å². The number of benzene rings is 1. The fraction of sp³-hybridized carbons (Fsp3) is 0.400. The Hall–Kier alpha value is -0.540. The number of rotatable bonds is 3. The third-order valence-electron chi connectivity index (χ3n) is 1.96. The van der Waals surface area contributed by atoms with Crippen LogP contribution in [0.4, 0.5) is 0 Å². The normalized spacial score (nSPS) is 12.4. The molecule has 4 heteroatoms. The van der Waals surface area contributed by atoms with Crippen molar-refractivity contribution in [2.75, 3.05) is 14.2 Å². The molecule has 0 aliphatic heterocycles. The lowest BCUT2D eigenvalue weighted by atomic mass is 10.1. The van der Waals surface area contributed by atoms with Gasteiger partial charge in [-0.25, -0.2) is 0 Å². The van der Waals surface area contributed by atoms with Crippen LogP contribution in [0, 0.1) is 0 Å². The molecule has 1 rings (SSSR count). The highest BCUT2D eigenvalue weighted by Gasteiger charge is 2.14. The minimum atomic E-state index is 0.0716. The van der Waals surface area contributed by atoms with Gasteiger partial charge in [-0.2, -0.15) is 12.6 Å². The number of thiol groups is 1. The topological polar surface area (TPSA) is 18.5 Å². The van der Waals surface area contributed by atoms with Gasteiger partial charge in [0.15, 0.2) is 11.5 Å². The molecule has 0 saturated carbocycles. The lowest BCUT2D eigenvalue weighted by molar-refractivity contribution is 0.354. The summed E-state index contributed by atoms with van der Waals surface area (Å²) >= 11 is 10.5. The molecule has 1 unspecified atom stereocenters. The molecule has 0 aromatic heterocycles. The zero-order valence-electron chi connectivity index (χ0n) is 8.37. The standard InChI is InChI=1S/C10H13ClO2S/c1-6(14)7-4-5-8(12-2)10(13-3)9(7)11/h4-6,14H,1-3H3. The first-order chi connectivity index (χ1) is 6.61. The number of hydrogen-bond donors (Lipinski definition) is 1. The molecule has 1 aromatic rings. The van der Waals surface area contributed by atoms with Gasteiger partial charge in [0.2, 0.25) is 0 Å². The first-order valence-electron chi connectivity index (χ1n) is 4.20. The summed E-state index contributed by atoms with van der Waals surface area (Å²) in [7, 11) is 3.15. The van der Waals surface area contributed by atoms with E-state index in [-0.39, 0.29) is 5.25 Å². The first-order valence-corrected chi connectivity index (χ1v) is 5.09. The van der Waals surface area contributed by atoms with E-state index in [1.807, 2.05) is 19.1 Å². The second kappa shape index (κ2) is 4.80. The number of halogens is 1. The SMILES string of the molecule is COc1ccc(C(C)S)c(Cl)c1OC. The van der Waals surface area contributed by atoms with Crippen LogP contribution < -0.4 is 9.47 Å². The van der Waals surface area contributed by atoms with Gasteiger partial charge in [-0.05, 0) is 18.6 Å². The van der Waals surface area contributed by atoms with Gasteiger partial charge in [0.1, 0.15) is 0 Å². The molecule has 0 aliphatic rings. The summed E-state index contributed by atoms with van der Waals surface area (Å²) in [6, 6.07) is 3.72. The van der Waals surface area contributed by atoms with E-state index in [1.54, 1.807) is 14.2 Å². The average Bonchev–Trinajstić information content (AvgIpc) is 2.16. The minimum absolute atomic E-state index is 0.0716. The second-order valence-corrected chi connectivity index (χ2v) is 4.03. The molecule has 78 valence electrons. The second-order valence-electron chi connectivity index (χ2n) is 2.88. The van der Waals surface area contributed by atoms with Gasteiger partial charge in [0, 0.05) is 5.25 Å². The molecule has 1 aromatic carbocycles. The molecule has 2 nitrogen and oxygen atoms in total. The summed E-state index contributed by atoms with van der Waals surface area (Å²) in [4.78, 5) is 0. The quantitative estimate of drug-likeness (QED) is 0.806. The van der Waals surface area contributed by atoms with Gasteiger partial charge >= 0.3 is 0 Å². The molecule has 0 radical (unpaired) electrons. The molecule has 0 bridgehead atoms. The third kappa shape index (κ3) is 2.10. The van der Waals surface area contributed by atoms with Gasteiger partial charge in [0.05, 0.1) is 19.2 Å². The van der Waals surface area contributed by atoms with E-state index in [2.05, 4.69) is 12.6 Å². The van der Waals surface area contributed by atoms with Gasteiger partial charge in [-0.15, -0.1) is 0 Å². The van der Waals surface area contributed by atoms with E-state index >= 15 is 0 Å². The van der Waals surface area contributed by atoms with Crippen LogP contribution in [0.5, 0.6) is 11.5 Å². The fourth-order valence-corrected chi connectivity index (χ4v) is 1.92. The minimum Gasteiger partial charge on any atom is -0.493 e. The summed E-state index contributed by atoms with van der Waals surface area (Å²) in [5.74, 6) is 1.20. The van der Waals surface area contributed by atoms with E-state index in [0.717, 1.165) is 5.56 Å². The van der Waals surface area contributed by atoms with Crippen molar-refractivity contribution in [2.24, 2.45) is 0 Å². The number of hydrogen-bond acceptors (Lipinski definition) is 3. The maximum atomic E-state index is 6.13. The Balaban J connectivity index is 3.27. The van der Waals surface area contributed by atoms with Crippen molar-refractivity contribution in [3.05, 3.63) is 22.7 Å². The highest BCUT2D eigenvalue weighted by atomic mass is 35.5. The monoisotopic (exact) mass is 232 g/mol. The molecule has 0 N–H and O–H groups in total. The molecule has 0 saturated heterocycles. The Bertz CT molecular complexity index is 326. The Kier molecular flexibility index (Phi) is 3.96. The maximum Gasteiger partial charge on any atom is 0.179 e. The van der Waals surface area contributed by atoms with Crippen molar-refractivity contribution in [1.82, 2.24) is 0 Å². The first kappa shape index (κ1) is 11.5. The van der Waals surface area contributed by atoms with Crippen LogP contribution in [-0.2, 0) is 0 Å². The van der Waals surface area contributed by atoms with Gasteiger partial charge in [-0.1, -0.05) is 17.7 Å². The molecule has 0 spiro atoms. The molecular weight excluding hydrogens is 220 g/mol. The van der Waals surface area contributed by atoms with Crippen LogP contribution in [0.2, 0.25) is 5.02 Å². The van der Waals surface area contributed by atoms with Gasteiger partial charge in [0.25, 0.3) is 0 Å². The smallest absolute Gasteiger partial charge is 0.179 e. The van der Waals surface area contributed by atoms with E-state index in [1.165, 1.54) is 0 Å². The summed E-state index contributed by atoms with van der Waals surface area (Å²) in [5, 5.41) is 0.636. The number of methoxy groups -OCH3 is 2. The summed E-state index contributed by atoms with van der Waals surface area (Å²) in [6.07, 6.45) is 0. The predicted octanol–water partition coefficient (Wildman–Crippen LogP) is 3.35. The van der Waals surface area contributed by atoms with Crippen LogP contribution in [0.15, 0.2) is 12.1 Å². The summed E-state index contributed by atoms with van der Waals surface area (Å²) in [6.45, 7) is 1.95. The average molecular weight is 233 g/mol. The van der Waals surface area contributed by atoms with Crippen molar-refractivity contribution in [3.8, 4) is 11.5 Å². The highest BCUT2D eigenvalue weighted by molar-refractivity contribution is 7.80. The Morgan fingerprint density at radius 1 is 1.29 bits per heavy atom. The Labute approximate surface area is 94.6 Å². The number of ether oxygens (including phenoxy) is 2. The Morgan fingerprint density at radius 2 is 1.93 bits per heavy atom. The largest absolute Gasteiger partial charge is 0.493 e. The maximum absolute atomic E-state index is 6.13. The fourth-order valence-electron chi connectivity index (χ4n) is 1.23. The van der Waals surface area contributed by atoms with Crippen LogP contribution in [0.3, 0.4) is 0 Å². The van der Waals surface area contributed by atoms with E-state index in [0.29, 0.717) is 16.5 Å². The van der Waals surface area contributed by atoms with Crippen LogP contribution >= 0.6 is 24.2 Å². The van der Waals surface area contributed by atoms with Crippen molar-refractivity contribution in [1.29, 1.82) is 0 Å². The lowest BCUT2D eigenvalue weighted by Crippen LogP contribution is -1.95. The van der Waals surface area contributed by atoms with Crippen molar-refractivity contribution < 1.29 is 9.47 Å². The van der Waals surface area contributed by atoms with Gasteiger partial charge < -0.3 is 9.47 Å².